The summed E-state index contributed by atoms with van der Waals surface area (Å²) >= 11 is 0. The van der Waals surface area contributed by atoms with Gasteiger partial charge in [0.25, 0.3) is 5.88 Å². The lowest BCUT2D eigenvalue weighted by Gasteiger charge is -2.27. The second kappa shape index (κ2) is 7.39. The van der Waals surface area contributed by atoms with E-state index in [4.69, 9.17) is 4.74 Å². The van der Waals surface area contributed by atoms with E-state index in [0.717, 1.165) is 11.1 Å². The number of nitrogens with zero attached hydrogens (tertiary/aromatic N) is 3. The molecule has 2 N–H and O–H groups in total. The topological polar surface area (TPSA) is 110 Å². The van der Waals surface area contributed by atoms with Gasteiger partial charge < -0.3 is 9.53 Å². The van der Waals surface area contributed by atoms with Crippen LogP contribution in [0.25, 0.3) is 0 Å². The first-order chi connectivity index (χ1) is 12.1. The third-order valence-electron chi connectivity index (χ3n) is 3.87. The molecule has 0 bridgehead atoms. The van der Waals surface area contributed by atoms with E-state index in [1.54, 1.807) is 6.07 Å². The number of benzene rings is 1. The fourth-order valence-electron chi connectivity index (χ4n) is 2.57. The Morgan fingerprint density at radius 1 is 1.52 bits per heavy atom. The smallest absolute Gasteiger partial charge is 0.287 e. The fourth-order valence-corrected chi connectivity index (χ4v) is 2.57. The fraction of sp³-hybridized carbons (Fsp3) is 0.375. The zero-order chi connectivity index (χ0) is 17.8. The first-order valence-corrected chi connectivity index (χ1v) is 7.80. The van der Waals surface area contributed by atoms with Crippen LogP contribution in [0, 0.1) is 5.82 Å². The third kappa shape index (κ3) is 3.82. The molecule has 1 aliphatic rings. The van der Waals surface area contributed by atoms with E-state index in [9.17, 15) is 14.4 Å². The van der Waals surface area contributed by atoms with Crippen molar-refractivity contribution in [3.8, 4) is 5.88 Å². The summed E-state index contributed by atoms with van der Waals surface area (Å²) in [6, 6.07) is 4.23. The predicted octanol–water partition coefficient (Wildman–Crippen LogP) is 1.98. The lowest BCUT2D eigenvalue weighted by atomic mass is 9.83. The highest BCUT2D eigenvalue weighted by molar-refractivity contribution is 5.98. The monoisotopic (exact) mass is 348 g/mol. The second-order valence-corrected chi connectivity index (χ2v) is 5.72. The molecule has 3 rings (SSSR count). The Morgan fingerprint density at radius 2 is 2.36 bits per heavy atom. The number of ether oxygens (including phenoxy) is 1. The Bertz CT molecular complexity index is 805. The van der Waals surface area contributed by atoms with E-state index in [-0.39, 0.29) is 41.7 Å². The molecule has 0 aliphatic heterocycles. The number of hydrogen-bond acceptors (Lipinski definition) is 7. The molecule has 0 radical (unpaired) electrons. The molecular formula is C16H17FN4O4. The average molecular weight is 348 g/mol. The molecule has 1 aromatic carbocycles. The van der Waals surface area contributed by atoms with Crippen molar-refractivity contribution in [3.05, 3.63) is 40.8 Å². The predicted molar refractivity (Wildman–Crippen MR) is 84.0 cm³/mol. The number of aliphatic imine (C=N–C) groups is 1. The molecule has 1 heterocycles. The number of Topliss-reactive ketones (excluding diaryl/α,β-unsaturated/α-hetero) is 1. The van der Waals surface area contributed by atoms with Crippen LogP contribution in [0.1, 0.15) is 42.6 Å². The number of nitrogens with one attached hydrogen (secondary N) is 1. The molecule has 0 amide bonds. The molecule has 8 nitrogen and oxygen atoms in total. The Hall–Kier alpha value is -2.81. The van der Waals surface area contributed by atoms with Gasteiger partial charge in [0, 0.05) is 6.42 Å². The lowest BCUT2D eigenvalue weighted by Crippen LogP contribution is -2.25. The number of hydroxylamine groups is 1. The van der Waals surface area contributed by atoms with Crippen LogP contribution in [-0.2, 0) is 11.2 Å². The maximum absolute atomic E-state index is 13.3. The summed E-state index contributed by atoms with van der Waals surface area (Å²) in [6.45, 7) is 1.75. The van der Waals surface area contributed by atoms with Gasteiger partial charge in [-0.25, -0.2) is 9.02 Å². The zero-order valence-corrected chi connectivity index (χ0v) is 13.5. The number of carbonyl (C=O) groups excluding carboxylic acids is 1. The van der Waals surface area contributed by atoms with Crippen LogP contribution >= 0.6 is 0 Å². The summed E-state index contributed by atoms with van der Waals surface area (Å²) in [6.07, 6.45) is 1.54. The van der Waals surface area contributed by atoms with Crippen LogP contribution in [0.3, 0.4) is 0 Å². The minimum absolute atomic E-state index is 0.0164. The first-order valence-electron chi connectivity index (χ1n) is 7.80. The molecule has 0 saturated carbocycles. The van der Waals surface area contributed by atoms with E-state index < -0.39 is 0 Å². The largest absolute Gasteiger partial charge is 0.474 e. The normalized spacial score (nSPS) is 16.1. The molecular weight excluding hydrogens is 331 g/mol. The minimum Gasteiger partial charge on any atom is -0.474 e. The number of carbonyl (C=O) groups is 1. The van der Waals surface area contributed by atoms with Gasteiger partial charge in [-0.1, -0.05) is 6.07 Å². The molecule has 2 aromatic rings. The third-order valence-corrected chi connectivity index (χ3v) is 3.87. The molecule has 0 unspecified atom stereocenters. The number of rotatable bonds is 7. The number of hydrogen-bond donors (Lipinski definition) is 2. The summed E-state index contributed by atoms with van der Waals surface area (Å²) < 4.78 is 23.4. The van der Waals surface area contributed by atoms with E-state index >= 15 is 0 Å². The van der Waals surface area contributed by atoms with Crippen LogP contribution in [0.15, 0.2) is 27.8 Å². The van der Waals surface area contributed by atoms with Crippen LogP contribution in [0.2, 0.25) is 0 Å². The Kier molecular flexibility index (Phi) is 5.03. The average Bonchev–Trinajstić information content (AvgIpc) is 3.03. The molecule has 0 saturated heterocycles. The summed E-state index contributed by atoms with van der Waals surface area (Å²) in [7, 11) is 0. The van der Waals surface area contributed by atoms with Crippen LogP contribution in [0.5, 0.6) is 5.88 Å². The van der Waals surface area contributed by atoms with Crippen molar-refractivity contribution in [2.45, 2.75) is 32.2 Å². The van der Waals surface area contributed by atoms with Crippen LogP contribution in [0.4, 0.5) is 4.39 Å². The highest BCUT2D eigenvalue weighted by Crippen LogP contribution is 2.37. The second-order valence-electron chi connectivity index (χ2n) is 5.72. The lowest BCUT2D eigenvalue weighted by molar-refractivity contribution is -0.117. The van der Waals surface area contributed by atoms with Gasteiger partial charge in [-0.3, -0.25) is 15.7 Å². The highest BCUT2D eigenvalue weighted by atomic mass is 19.1. The standard InChI is InChI=1S/C16H17FN4O4/c1-9(22)3-2-6-24-16-14(20-25-21-16)15(19-23)18-13-7-10-4-5-11(17)8-12(10)13/h4-5,8,13,23H,2-3,6-7H2,1H3,(H,18,19)/t13-/m0/s1. The van der Waals surface area contributed by atoms with E-state index in [0.29, 0.717) is 19.3 Å². The van der Waals surface area contributed by atoms with Crippen molar-refractivity contribution in [1.29, 1.82) is 0 Å². The summed E-state index contributed by atoms with van der Waals surface area (Å²) in [5, 5.41) is 16.7. The van der Waals surface area contributed by atoms with E-state index in [1.165, 1.54) is 19.1 Å². The molecule has 1 atom stereocenters. The molecule has 132 valence electrons. The first kappa shape index (κ1) is 17.0. The van der Waals surface area contributed by atoms with Crippen molar-refractivity contribution in [2.24, 2.45) is 4.99 Å². The summed E-state index contributed by atoms with van der Waals surface area (Å²) in [5.74, 6) is -0.197. The van der Waals surface area contributed by atoms with Gasteiger partial charge in [0.15, 0.2) is 5.84 Å². The Labute approximate surface area is 142 Å². The maximum atomic E-state index is 13.3. The number of amidine groups is 1. The van der Waals surface area contributed by atoms with Gasteiger partial charge in [0.05, 0.1) is 12.6 Å². The quantitative estimate of drug-likeness (QED) is 0.341. The molecule has 9 heteroatoms. The van der Waals surface area contributed by atoms with Crippen molar-refractivity contribution in [1.82, 2.24) is 15.8 Å². The molecule has 0 fully saturated rings. The minimum atomic E-state index is -0.338. The number of aromatic nitrogens is 2. The van der Waals surface area contributed by atoms with Crippen LogP contribution < -0.4 is 10.2 Å². The number of ketones is 1. The molecule has 1 aromatic heterocycles. The SMILES string of the molecule is CC(=O)CCCOc1nonc1C(=N[C@H]1Cc2ccc(F)cc21)NO. The number of halogens is 1. The van der Waals surface area contributed by atoms with Crippen LogP contribution in [-0.4, -0.2) is 33.7 Å². The maximum Gasteiger partial charge on any atom is 0.287 e. The van der Waals surface area contributed by atoms with Gasteiger partial charge in [-0.15, -0.1) is 0 Å². The molecule has 1 aliphatic carbocycles. The molecule has 0 spiro atoms. The van der Waals surface area contributed by atoms with Crippen molar-refractivity contribution >= 4 is 11.6 Å². The summed E-state index contributed by atoms with van der Waals surface area (Å²) in [5.41, 5.74) is 3.83. The highest BCUT2D eigenvalue weighted by Gasteiger charge is 2.28. The Balaban J connectivity index is 1.72. The van der Waals surface area contributed by atoms with Gasteiger partial charge in [-0.2, -0.15) is 0 Å². The Morgan fingerprint density at radius 3 is 3.12 bits per heavy atom. The van der Waals surface area contributed by atoms with Gasteiger partial charge >= 0.3 is 0 Å². The van der Waals surface area contributed by atoms with Gasteiger partial charge in [0.1, 0.15) is 11.6 Å². The molecule has 25 heavy (non-hydrogen) atoms. The number of fused-ring (bicyclic) bond motifs is 1. The summed E-state index contributed by atoms with van der Waals surface area (Å²) in [4.78, 5) is 15.3. The van der Waals surface area contributed by atoms with Gasteiger partial charge in [0.2, 0.25) is 5.69 Å². The van der Waals surface area contributed by atoms with Gasteiger partial charge in [-0.05, 0) is 53.3 Å². The van der Waals surface area contributed by atoms with Crippen molar-refractivity contribution in [2.75, 3.05) is 6.61 Å². The zero-order valence-electron chi connectivity index (χ0n) is 13.5. The van der Waals surface area contributed by atoms with Crippen molar-refractivity contribution < 1.29 is 23.8 Å². The van der Waals surface area contributed by atoms with E-state index in [2.05, 4.69) is 19.9 Å². The van der Waals surface area contributed by atoms with E-state index in [1.807, 2.05) is 5.48 Å². The van der Waals surface area contributed by atoms with Crippen molar-refractivity contribution in [3.63, 3.8) is 0 Å².